The summed E-state index contributed by atoms with van der Waals surface area (Å²) in [5.74, 6) is 0. The van der Waals surface area contributed by atoms with Gasteiger partial charge in [0, 0.05) is 30.9 Å². The monoisotopic (exact) mass is 406 g/mol. The van der Waals surface area contributed by atoms with Gasteiger partial charge in [-0.05, 0) is 59.7 Å². The maximum atomic E-state index is 12.0. The molecule has 0 atom stereocenters. The molecule has 0 amide bonds. The molecule has 0 aliphatic heterocycles. The second-order valence-electron chi connectivity index (χ2n) is 4.53. The molecule has 0 saturated carbocycles. The highest BCUT2D eigenvalue weighted by atomic mass is 35.5. The maximum absolute atomic E-state index is 12.0. The van der Waals surface area contributed by atoms with E-state index in [2.05, 4.69) is 0 Å². The highest BCUT2D eigenvalue weighted by Crippen LogP contribution is 2.24. The first-order chi connectivity index (χ1) is 10.8. The van der Waals surface area contributed by atoms with Gasteiger partial charge in [0.1, 0.15) is 0 Å². The molecule has 2 aromatic rings. The normalized spacial score (nSPS) is 12.3. The number of halogens is 4. The molecule has 23 heavy (non-hydrogen) atoms. The summed E-state index contributed by atoms with van der Waals surface area (Å²) in [4.78, 5) is 0. The van der Waals surface area contributed by atoms with Crippen molar-refractivity contribution in [3.8, 4) is 0 Å². The molecule has 2 rings (SSSR count). The van der Waals surface area contributed by atoms with E-state index in [4.69, 9.17) is 46.4 Å². The van der Waals surface area contributed by atoms with E-state index in [0.717, 1.165) is 10.8 Å². The van der Waals surface area contributed by atoms with Gasteiger partial charge in [0.05, 0.1) is 0 Å². The van der Waals surface area contributed by atoms with Crippen molar-refractivity contribution in [1.82, 2.24) is 0 Å². The molecule has 0 aliphatic rings. The van der Waals surface area contributed by atoms with Gasteiger partial charge in [-0.25, -0.2) is 8.42 Å². The Morgan fingerprint density at radius 2 is 1.09 bits per heavy atom. The fourth-order valence-corrected chi connectivity index (χ4v) is 3.15. The van der Waals surface area contributed by atoms with Gasteiger partial charge in [0.25, 0.3) is 0 Å². The van der Waals surface area contributed by atoms with Gasteiger partial charge < -0.3 is 0 Å². The lowest BCUT2D eigenvalue weighted by Crippen LogP contribution is -1.88. The Morgan fingerprint density at radius 1 is 0.696 bits per heavy atom. The molecule has 0 aromatic heterocycles. The van der Waals surface area contributed by atoms with Gasteiger partial charge in [-0.15, -0.1) is 0 Å². The van der Waals surface area contributed by atoms with Crippen LogP contribution in [0.15, 0.2) is 47.2 Å². The molecule has 0 spiro atoms. The van der Waals surface area contributed by atoms with Gasteiger partial charge in [-0.2, -0.15) is 0 Å². The lowest BCUT2D eigenvalue weighted by molar-refractivity contribution is 0.613. The van der Waals surface area contributed by atoms with Crippen LogP contribution in [0.4, 0.5) is 0 Å². The predicted molar refractivity (Wildman–Crippen MR) is 99.9 cm³/mol. The SMILES string of the molecule is O=S(=O)(C=Cc1cc(Cl)ccc1Cl)C=Cc1cc(Cl)ccc1Cl. The van der Waals surface area contributed by atoms with Gasteiger partial charge in [0.2, 0.25) is 0 Å². The highest BCUT2D eigenvalue weighted by Gasteiger charge is 2.04. The Kier molecular flexibility index (Phi) is 6.18. The minimum absolute atomic E-state index is 0.405. The molecule has 2 nitrogen and oxygen atoms in total. The maximum Gasteiger partial charge on any atom is 0.193 e. The zero-order valence-corrected chi connectivity index (χ0v) is 15.4. The average Bonchev–Trinajstić information content (AvgIpc) is 2.49. The summed E-state index contributed by atoms with van der Waals surface area (Å²) in [6.45, 7) is 0. The van der Waals surface area contributed by atoms with E-state index in [1.807, 2.05) is 0 Å². The summed E-state index contributed by atoms with van der Waals surface area (Å²) >= 11 is 23.7. The van der Waals surface area contributed by atoms with Crippen LogP contribution in [0.25, 0.3) is 12.2 Å². The van der Waals surface area contributed by atoms with Crippen molar-refractivity contribution in [1.29, 1.82) is 0 Å². The zero-order valence-electron chi connectivity index (χ0n) is 11.5. The molecule has 0 bridgehead atoms. The molecule has 120 valence electrons. The van der Waals surface area contributed by atoms with Crippen LogP contribution in [0.3, 0.4) is 0 Å². The number of hydrogen-bond donors (Lipinski definition) is 0. The van der Waals surface area contributed by atoms with Gasteiger partial charge >= 0.3 is 0 Å². The molecule has 0 heterocycles. The smallest absolute Gasteiger partial charge is 0.193 e. The van der Waals surface area contributed by atoms with Crippen LogP contribution in [0.2, 0.25) is 20.1 Å². The Hall–Kier alpha value is -0.970. The van der Waals surface area contributed by atoms with E-state index >= 15 is 0 Å². The number of sulfone groups is 1. The van der Waals surface area contributed by atoms with Gasteiger partial charge in [-0.1, -0.05) is 46.4 Å². The molecular weight excluding hydrogens is 398 g/mol. The van der Waals surface area contributed by atoms with Crippen LogP contribution in [-0.2, 0) is 9.84 Å². The number of rotatable bonds is 4. The van der Waals surface area contributed by atoms with Crippen LogP contribution in [0.1, 0.15) is 11.1 Å². The largest absolute Gasteiger partial charge is 0.220 e. The summed E-state index contributed by atoms with van der Waals surface area (Å²) in [6.07, 6.45) is 2.76. The lowest BCUT2D eigenvalue weighted by Gasteiger charge is -1.99. The van der Waals surface area contributed by atoms with E-state index in [1.54, 1.807) is 36.4 Å². The van der Waals surface area contributed by atoms with Crippen molar-refractivity contribution in [2.75, 3.05) is 0 Å². The molecule has 0 N–H and O–H groups in total. The van der Waals surface area contributed by atoms with Crippen LogP contribution in [-0.4, -0.2) is 8.42 Å². The minimum atomic E-state index is -3.60. The Balaban J connectivity index is 2.25. The third-order valence-corrected chi connectivity index (χ3v) is 4.98. The summed E-state index contributed by atoms with van der Waals surface area (Å²) in [6, 6.07) is 9.59. The standard InChI is InChI=1S/C16H10Cl4O2S/c17-13-1-3-15(19)11(9-13)5-7-23(21,22)8-6-12-10-14(18)2-4-16(12)20/h1-10H. The van der Waals surface area contributed by atoms with Crippen molar-refractivity contribution >= 4 is 68.4 Å². The zero-order chi connectivity index (χ0) is 17.0. The summed E-state index contributed by atoms with van der Waals surface area (Å²) in [7, 11) is -3.60. The van der Waals surface area contributed by atoms with Crippen molar-refractivity contribution in [2.24, 2.45) is 0 Å². The Labute approximate surface area is 154 Å². The predicted octanol–water partition coefficient (Wildman–Crippen LogP) is 6.36. The Bertz CT molecular complexity index is 819. The summed E-state index contributed by atoms with van der Waals surface area (Å²) in [5, 5.41) is 3.82. The third-order valence-electron chi connectivity index (χ3n) is 2.79. The fraction of sp³-hybridized carbons (Fsp3) is 0. The minimum Gasteiger partial charge on any atom is -0.220 e. The second kappa shape index (κ2) is 7.73. The number of benzene rings is 2. The van der Waals surface area contributed by atoms with Crippen LogP contribution < -0.4 is 0 Å². The van der Waals surface area contributed by atoms with Crippen molar-refractivity contribution in [2.45, 2.75) is 0 Å². The molecule has 0 saturated heterocycles. The molecule has 0 radical (unpaired) electrons. The summed E-state index contributed by atoms with van der Waals surface area (Å²) in [5.41, 5.74) is 1.02. The van der Waals surface area contributed by atoms with Crippen molar-refractivity contribution < 1.29 is 8.42 Å². The molecule has 2 aromatic carbocycles. The molecule has 0 aliphatic carbocycles. The molecule has 0 fully saturated rings. The van der Waals surface area contributed by atoms with E-state index in [0.29, 0.717) is 31.2 Å². The van der Waals surface area contributed by atoms with E-state index in [-0.39, 0.29) is 0 Å². The Morgan fingerprint density at radius 3 is 1.48 bits per heavy atom. The number of hydrogen-bond acceptors (Lipinski definition) is 2. The van der Waals surface area contributed by atoms with E-state index in [1.165, 1.54) is 12.2 Å². The van der Waals surface area contributed by atoms with Crippen LogP contribution >= 0.6 is 46.4 Å². The van der Waals surface area contributed by atoms with Crippen LogP contribution in [0.5, 0.6) is 0 Å². The highest BCUT2D eigenvalue weighted by molar-refractivity contribution is 7.97. The first-order valence-electron chi connectivity index (χ1n) is 6.28. The molecular formula is C16H10Cl4O2S. The van der Waals surface area contributed by atoms with Gasteiger partial charge in [0.15, 0.2) is 9.84 Å². The topological polar surface area (TPSA) is 34.1 Å². The molecule has 7 heteroatoms. The van der Waals surface area contributed by atoms with Crippen LogP contribution in [0, 0.1) is 0 Å². The van der Waals surface area contributed by atoms with E-state index in [9.17, 15) is 8.42 Å². The quantitative estimate of drug-likeness (QED) is 0.590. The lowest BCUT2D eigenvalue weighted by atomic mass is 10.2. The summed E-state index contributed by atoms with van der Waals surface area (Å²) < 4.78 is 24.1. The van der Waals surface area contributed by atoms with E-state index < -0.39 is 9.84 Å². The first kappa shape index (κ1) is 18.4. The third kappa shape index (κ3) is 5.55. The second-order valence-corrected chi connectivity index (χ2v) is 7.94. The fourth-order valence-electron chi connectivity index (χ4n) is 1.67. The average molecular weight is 408 g/mol. The first-order valence-corrected chi connectivity index (χ1v) is 9.40. The molecule has 0 unspecified atom stereocenters. The van der Waals surface area contributed by atoms with Gasteiger partial charge in [-0.3, -0.25) is 0 Å². The van der Waals surface area contributed by atoms with Crippen molar-refractivity contribution in [3.05, 3.63) is 78.4 Å². The van der Waals surface area contributed by atoms with Crippen molar-refractivity contribution in [3.63, 3.8) is 0 Å².